The largest absolute Gasteiger partial charge is 0.493 e. The minimum atomic E-state index is -0.308. The third-order valence-electron chi connectivity index (χ3n) is 5.24. The Bertz CT molecular complexity index is 1190. The van der Waals surface area contributed by atoms with Crippen LogP contribution in [0.1, 0.15) is 30.0 Å². The first kappa shape index (κ1) is 22.1. The standard InChI is InChI=1S/C26H23BrFNO3/c1-3-11-29-23-10-5-4-9-20(23)21(26(29)30)13-18-14-22(27)25(24(15-18)31-2)32-16-17-7-6-8-19(28)12-17/h4-10,12-15H,3,11,16H2,1-2H3/b21-13-. The van der Waals surface area contributed by atoms with Gasteiger partial charge < -0.3 is 14.4 Å². The van der Waals surface area contributed by atoms with E-state index in [1.54, 1.807) is 19.2 Å². The number of halogens is 2. The lowest BCUT2D eigenvalue weighted by molar-refractivity contribution is -0.113. The highest BCUT2D eigenvalue weighted by Gasteiger charge is 2.31. The third kappa shape index (κ3) is 4.41. The first-order valence-corrected chi connectivity index (χ1v) is 11.2. The van der Waals surface area contributed by atoms with E-state index in [0.717, 1.165) is 23.2 Å². The topological polar surface area (TPSA) is 38.8 Å². The van der Waals surface area contributed by atoms with Crippen LogP contribution in [0, 0.1) is 5.82 Å². The van der Waals surface area contributed by atoms with Gasteiger partial charge in [0.25, 0.3) is 5.91 Å². The van der Waals surface area contributed by atoms with Crippen LogP contribution in [0.25, 0.3) is 11.6 Å². The lowest BCUT2D eigenvalue weighted by Gasteiger charge is -2.15. The molecule has 0 spiro atoms. The molecule has 1 heterocycles. The average Bonchev–Trinajstić information content (AvgIpc) is 3.04. The second-order valence-electron chi connectivity index (χ2n) is 7.48. The van der Waals surface area contributed by atoms with Crippen molar-refractivity contribution in [2.45, 2.75) is 20.0 Å². The number of methoxy groups -OCH3 is 1. The molecule has 1 aliphatic heterocycles. The van der Waals surface area contributed by atoms with E-state index in [2.05, 4.69) is 22.9 Å². The Labute approximate surface area is 195 Å². The van der Waals surface area contributed by atoms with E-state index in [1.165, 1.54) is 12.1 Å². The molecule has 0 aliphatic carbocycles. The molecule has 164 valence electrons. The van der Waals surface area contributed by atoms with Crippen LogP contribution < -0.4 is 14.4 Å². The first-order valence-electron chi connectivity index (χ1n) is 10.4. The predicted molar refractivity (Wildman–Crippen MR) is 128 cm³/mol. The second-order valence-corrected chi connectivity index (χ2v) is 8.34. The molecule has 0 atom stereocenters. The molecular weight excluding hydrogens is 473 g/mol. The summed E-state index contributed by atoms with van der Waals surface area (Å²) in [5, 5.41) is 0. The van der Waals surface area contributed by atoms with Gasteiger partial charge in [0.15, 0.2) is 11.5 Å². The highest BCUT2D eigenvalue weighted by molar-refractivity contribution is 9.10. The summed E-state index contributed by atoms with van der Waals surface area (Å²) in [5.74, 6) is 0.726. The predicted octanol–water partition coefficient (Wildman–Crippen LogP) is 6.47. The highest BCUT2D eigenvalue weighted by Crippen LogP contribution is 2.41. The monoisotopic (exact) mass is 495 g/mol. The molecule has 0 fully saturated rings. The Balaban J connectivity index is 1.66. The zero-order valence-electron chi connectivity index (χ0n) is 17.9. The van der Waals surface area contributed by atoms with Crippen LogP contribution in [0.15, 0.2) is 65.1 Å². The maximum atomic E-state index is 13.5. The smallest absolute Gasteiger partial charge is 0.258 e. The number of hydrogen-bond acceptors (Lipinski definition) is 3. The van der Waals surface area contributed by atoms with Gasteiger partial charge in [-0.05, 0) is 69.9 Å². The zero-order chi connectivity index (χ0) is 22.7. The molecule has 0 saturated carbocycles. The van der Waals surface area contributed by atoms with Crippen LogP contribution in [-0.4, -0.2) is 19.6 Å². The summed E-state index contributed by atoms with van der Waals surface area (Å²) in [6.45, 7) is 2.93. The molecule has 3 aromatic rings. The van der Waals surface area contributed by atoms with Crippen molar-refractivity contribution in [1.29, 1.82) is 0 Å². The van der Waals surface area contributed by atoms with E-state index in [4.69, 9.17) is 9.47 Å². The van der Waals surface area contributed by atoms with Crippen LogP contribution in [0.5, 0.6) is 11.5 Å². The van der Waals surface area contributed by atoms with Crippen LogP contribution in [-0.2, 0) is 11.4 Å². The second kappa shape index (κ2) is 9.57. The fourth-order valence-electron chi connectivity index (χ4n) is 3.80. The molecule has 3 aromatic carbocycles. The SMILES string of the molecule is CCCN1C(=O)/C(=C\c2cc(Br)c(OCc3cccc(F)c3)c(OC)c2)c2ccccc21. The summed E-state index contributed by atoms with van der Waals surface area (Å²) in [4.78, 5) is 14.9. The summed E-state index contributed by atoms with van der Waals surface area (Å²) < 4.78 is 25.6. The van der Waals surface area contributed by atoms with Gasteiger partial charge in [0.05, 0.1) is 17.3 Å². The van der Waals surface area contributed by atoms with Gasteiger partial charge >= 0.3 is 0 Å². The highest BCUT2D eigenvalue weighted by atomic mass is 79.9. The molecule has 0 unspecified atom stereocenters. The average molecular weight is 496 g/mol. The first-order chi connectivity index (χ1) is 15.5. The third-order valence-corrected chi connectivity index (χ3v) is 5.83. The number of fused-ring (bicyclic) bond motifs is 1. The minimum absolute atomic E-state index is 0.00503. The number of benzene rings is 3. The van der Waals surface area contributed by atoms with Gasteiger partial charge in [-0.3, -0.25) is 4.79 Å². The lowest BCUT2D eigenvalue weighted by atomic mass is 10.0. The van der Waals surface area contributed by atoms with Crippen molar-refractivity contribution in [2.75, 3.05) is 18.6 Å². The Morgan fingerprint density at radius 3 is 2.66 bits per heavy atom. The molecule has 0 N–H and O–H groups in total. The van der Waals surface area contributed by atoms with Crippen molar-refractivity contribution >= 4 is 39.2 Å². The Morgan fingerprint density at radius 1 is 1.09 bits per heavy atom. The summed E-state index contributed by atoms with van der Waals surface area (Å²) in [6.07, 6.45) is 2.75. The zero-order valence-corrected chi connectivity index (χ0v) is 19.5. The van der Waals surface area contributed by atoms with E-state index in [-0.39, 0.29) is 18.3 Å². The number of amides is 1. The molecule has 0 radical (unpaired) electrons. The Hall–Kier alpha value is -3.12. The number of anilines is 1. The molecule has 0 aromatic heterocycles. The van der Waals surface area contributed by atoms with Gasteiger partial charge in [-0.2, -0.15) is 0 Å². The summed E-state index contributed by atoms with van der Waals surface area (Å²) >= 11 is 3.56. The maximum absolute atomic E-state index is 13.5. The van der Waals surface area contributed by atoms with Gasteiger partial charge in [-0.25, -0.2) is 4.39 Å². The number of hydrogen-bond donors (Lipinski definition) is 0. The Kier molecular flexibility index (Phi) is 6.61. The molecule has 32 heavy (non-hydrogen) atoms. The van der Waals surface area contributed by atoms with Crippen LogP contribution in [0.3, 0.4) is 0 Å². The van der Waals surface area contributed by atoms with Crippen molar-refractivity contribution < 1.29 is 18.7 Å². The molecule has 1 amide bonds. The number of carbonyl (C=O) groups excluding carboxylic acids is 1. The number of ether oxygens (including phenoxy) is 2. The molecule has 6 heteroatoms. The van der Waals surface area contributed by atoms with Gasteiger partial charge in [-0.1, -0.05) is 37.3 Å². The molecule has 4 rings (SSSR count). The normalized spacial score (nSPS) is 14.1. The van der Waals surface area contributed by atoms with Crippen LogP contribution in [0.2, 0.25) is 0 Å². The number of carbonyl (C=O) groups is 1. The lowest BCUT2D eigenvalue weighted by Crippen LogP contribution is -2.26. The maximum Gasteiger partial charge on any atom is 0.258 e. The molecule has 0 bridgehead atoms. The van der Waals surface area contributed by atoms with E-state index < -0.39 is 0 Å². The number of rotatable bonds is 7. The summed E-state index contributed by atoms with van der Waals surface area (Å²) in [6, 6.07) is 17.8. The van der Waals surface area contributed by atoms with Crippen molar-refractivity contribution in [3.05, 3.63) is 87.6 Å². The quantitative estimate of drug-likeness (QED) is 0.352. The van der Waals surface area contributed by atoms with Gasteiger partial charge in [0.2, 0.25) is 0 Å². The molecule has 1 aliphatic rings. The van der Waals surface area contributed by atoms with E-state index in [9.17, 15) is 9.18 Å². The van der Waals surface area contributed by atoms with Crippen molar-refractivity contribution in [3.8, 4) is 11.5 Å². The fourth-order valence-corrected chi connectivity index (χ4v) is 4.38. The van der Waals surface area contributed by atoms with Crippen molar-refractivity contribution in [1.82, 2.24) is 0 Å². The van der Waals surface area contributed by atoms with Gasteiger partial charge in [0.1, 0.15) is 12.4 Å². The molecule has 4 nitrogen and oxygen atoms in total. The van der Waals surface area contributed by atoms with Crippen molar-refractivity contribution in [3.63, 3.8) is 0 Å². The van der Waals surface area contributed by atoms with E-state index in [1.807, 2.05) is 47.4 Å². The fraction of sp³-hybridized carbons (Fsp3) is 0.192. The van der Waals surface area contributed by atoms with Crippen molar-refractivity contribution in [2.24, 2.45) is 0 Å². The molecule has 0 saturated heterocycles. The summed E-state index contributed by atoms with van der Waals surface area (Å²) in [5.41, 5.74) is 4.04. The molecular formula is C26H23BrFNO3. The van der Waals surface area contributed by atoms with E-state index in [0.29, 0.717) is 33.7 Å². The van der Waals surface area contributed by atoms with Crippen LogP contribution in [0.4, 0.5) is 10.1 Å². The number of para-hydroxylation sites is 1. The van der Waals surface area contributed by atoms with Gasteiger partial charge in [-0.15, -0.1) is 0 Å². The summed E-state index contributed by atoms with van der Waals surface area (Å²) in [7, 11) is 1.56. The van der Waals surface area contributed by atoms with Gasteiger partial charge in [0, 0.05) is 17.7 Å². The number of nitrogens with zero attached hydrogens (tertiary/aromatic N) is 1. The van der Waals surface area contributed by atoms with E-state index >= 15 is 0 Å². The van der Waals surface area contributed by atoms with Crippen LogP contribution >= 0.6 is 15.9 Å². The Morgan fingerprint density at radius 2 is 1.91 bits per heavy atom. The minimum Gasteiger partial charge on any atom is -0.493 e.